The number of rotatable bonds is 14. The molecule has 0 radical (unpaired) electrons. The Morgan fingerprint density at radius 2 is 1.52 bits per heavy atom. The zero-order chi connectivity index (χ0) is 40.1. The number of carbonyl (C=O) groups excluding carboxylic acids is 2. The molecule has 2 aromatic carbocycles. The van der Waals surface area contributed by atoms with E-state index in [1.54, 1.807) is 11.3 Å². The first-order valence-electron chi connectivity index (χ1n) is 21.4. The van der Waals surface area contributed by atoms with E-state index in [1.165, 1.54) is 78.4 Å². The van der Waals surface area contributed by atoms with Crippen molar-refractivity contribution in [2.75, 3.05) is 70.0 Å². The number of nitrogens with one attached hydrogen (secondary N) is 2. The number of nitrogens with zero attached hydrogens (tertiary/aromatic N) is 2. The lowest BCUT2D eigenvalue weighted by Crippen LogP contribution is -2.38. The van der Waals surface area contributed by atoms with Gasteiger partial charge in [0.05, 0.1) is 19.5 Å². The molecule has 0 bridgehead atoms. The molecule has 2 aromatic heterocycles. The van der Waals surface area contributed by atoms with Crippen LogP contribution in [0.15, 0.2) is 64.6 Å². The van der Waals surface area contributed by atoms with Crippen molar-refractivity contribution < 1.29 is 33.0 Å². The van der Waals surface area contributed by atoms with Crippen LogP contribution in [0.4, 0.5) is 21.0 Å². The van der Waals surface area contributed by atoms with Crippen molar-refractivity contribution in [2.24, 2.45) is 0 Å². The number of furan rings is 1. The van der Waals surface area contributed by atoms with Crippen LogP contribution in [0.1, 0.15) is 95.6 Å². The highest BCUT2D eigenvalue weighted by Gasteiger charge is 2.29. The average molecular weight is 813 g/mol. The first-order chi connectivity index (χ1) is 28.5. The Morgan fingerprint density at radius 1 is 0.776 bits per heavy atom. The van der Waals surface area contributed by atoms with Gasteiger partial charge in [0, 0.05) is 77.2 Å². The zero-order valence-corrected chi connectivity index (χ0v) is 35.0. The van der Waals surface area contributed by atoms with Crippen LogP contribution in [0.25, 0.3) is 32.2 Å². The first kappa shape index (κ1) is 41.9. The molecule has 11 nitrogen and oxygen atoms in total. The van der Waals surface area contributed by atoms with Gasteiger partial charge in [-0.05, 0) is 130 Å². The molecule has 4 aromatic rings. The third-order valence-electron chi connectivity index (χ3n) is 11.7. The van der Waals surface area contributed by atoms with Crippen molar-refractivity contribution in [3.8, 4) is 0 Å². The summed E-state index contributed by atoms with van der Waals surface area (Å²) in [7, 11) is 0. The summed E-state index contributed by atoms with van der Waals surface area (Å²) in [5, 5.41) is 10.2. The molecule has 6 heterocycles. The van der Waals surface area contributed by atoms with Crippen LogP contribution >= 0.6 is 11.3 Å². The van der Waals surface area contributed by atoms with E-state index < -0.39 is 12.2 Å². The molecule has 0 aliphatic carbocycles. The predicted molar refractivity (Wildman–Crippen MR) is 234 cm³/mol. The average Bonchev–Trinajstić information content (AvgIpc) is 3.96. The molecule has 2 fully saturated rings. The standard InChI is InChI=1S/C24H32N2O4.C22H28N2O3S/c1-2-3-14-28-17-30-24(27)25-19-8-10-23-21(15-19)22(16-29-23)18-7-9-20-6-4-5-12-26(20)13-11-18;1-2-26-11-4-12-27-22(25)23-17-6-7-21-19(14-17)20(15-28-21)16-8-10-24-9-3-5-18(24)13-16/h8,10-11,15-16,20H,2-7,9,12-14,17H2,1H3,(H,25,27);6-8,14-15,18H,2-5,9-13H2,1H3,(H,23,25). The van der Waals surface area contributed by atoms with E-state index >= 15 is 0 Å². The van der Waals surface area contributed by atoms with Gasteiger partial charge in [0.25, 0.3) is 0 Å². The number of hydrogen-bond acceptors (Lipinski definition) is 10. The molecule has 312 valence electrons. The normalized spacial score (nSPS) is 19.6. The second kappa shape index (κ2) is 21.2. The molecule has 58 heavy (non-hydrogen) atoms. The molecular formula is C46H60N4O7S. The Balaban J connectivity index is 0.000000177. The molecule has 2 atom stereocenters. The smallest absolute Gasteiger partial charge is 0.413 e. The van der Waals surface area contributed by atoms with Gasteiger partial charge < -0.3 is 23.4 Å². The number of carbonyl (C=O) groups is 2. The summed E-state index contributed by atoms with van der Waals surface area (Å²) >= 11 is 1.77. The number of benzene rings is 2. The number of piperidine rings is 1. The van der Waals surface area contributed by atoms with Crippen molar-refractivity contribution in [1.82, 2.24) is 9.80 Å². The largest absolute Gasteiger partial charge is 0.464 e. The number of fused-ring (bicyclic) bond motifs is 4. The first-order valence-corrected chi connectivity index (χ1v) is 22.3. The fourth-order valence-corrected chi connectivity index (χ4v) is 9.53. The van der Waals surface area contributed by atoms with Crippen LogP contribution < -0.4 is 10.6 Å². The van der Waals surface area contributed by atoms with Crippen LogP contribution in [0.5, 0.6) is 0 Å². The minimum absolute atomic E-state index is 0.0322. The van der Waals surface area contributed by atoms with Crippen LogP contribution in [-0.4, -0.2) is 93.5 Å². The summed E-state index contributed by atoms with van der Waals surface area (Å²) in [6, 6.07) is 13.2. The molecule has 4 aliphatic heterocycles. The van der Waals surface area contributed by atoms with Crippen LogP contribution in [0, 0.1) is 0 Å². The Hall–Kier alpha value is -4.20. The van der Waals surface area contributed by atoms with Crippen LogP contribution in [-0.2, 0) is 18.9 Å². The highest BCUT2D eigenvalue weighted by molar-refractivity contribution is 7.17. The number of anilines is 2. The van der Waals surface area contributed by atoms with Crippen molar-refractivity contribution >= 4 is 67.1 Å². The minimum atomic E-state index is -0.513. The SMILES string of the molecule is CCCCOCOC(=O)Nc1ccc2occ(C3=CCN4CCCCC4CC3)c2c1.CCOCCCOC(=O)Nc1ccc2scc(C3=CCN4CCCC4C3)c2c1. The van der Waals surface area contributed by atoms with E-state index in [1.807, 2.05) is 37.5 Å². The van der Waals surface area contributed by atoms with E-state index in [2.05, 4.69) is 57.0 Å². The van der Waals surface area contributed by atoms with E-state index in [9.17, 15) is 9.59 Å². The van der Waals surface area contributed by atoms with Gasteiger partial charge in [0.15, 0.2) is 6.79 Å². The van der Waals surface area contributed by atoms with E-state index in [0.717, 1.165) is 61.0 Å². The van der Waals surface area contributed by atoms with Crippen LogP contribution in [0.2, 0.25) is 0 Å². The topological polar surface area (TPSA) is 115 Å². The lowest BCUT2D eigenvalue weighted by molar-refractivity contribution is -0.0110. The second-order valence-electron chi connectivity index (χ2n) is 15.6. The molecule has 8 rings (SSSR count). The quantitative estimate of drug-likeness (QED) is 0.0948. The monoisotopic (exact) mass is 812 g/mol. The summed E-state index contributed by atoms with van der Waals surface area (Å²) in [5.41, 5.74) is 7.54. The number of allylic oxidation sites excluding steroid dienone is 1. The van der Waals surface area contributed by atoms with Crippen molar-refractivity contribution in [3.63, 3.8) is 0 Å². The molecule has 2 amide bonds. The van der Waals surface area contributed by atoms with Crippen LogP contribution in [0.3, 0.4) is 0 Å². The zero-order valence-electron chi connectivity index (χ0n) is 34.2. The van der Waals surface area contributed by atoms with Gasteiger partial charge in [-0.25, -0.2) is 9.59 Å². The Morgan fingerprint density at radius 3 is 2.36 bits per heavy atom. The third-order valence-corrected chi connectivity index (χ3v) is 12.7. The fourth-order valence-electron chi connectivity index (χ4n) is 8.56. The fraction of sp³-hybridized carbons (Fsp3) is 0.522. The molecule has 4 aliphatic rings. The van der Waals surface area contributed by atoms with E-state index in [4.69, 9.17) is 23.4 Å². The molecule has 2 N–H and O–H groups in total. The second-order valence-corrected chi connectivity index (χ2v) is 16.5. The maximum Gasteiger partial charge on any atom is 0.413 e. The highest BCUT2D eigenvalue weighted by atomic mass is 32.1. The lowest BCUT2D eigenvalue weighted by Gasteiger charge is -2.33. The summed E-state index contributed by atoms with van der Waals surface area (Å²) in [6.07, 6.45) is 18.4. The summed E-state index contributed by atoms with van der Waals surface area (Å²) in [4.78, 5) is 29.3. The van der Waals surface area contributed by atoms with Gasteiger partial charge in [0.2, 0.25) is 0 Å². The number of amides is 2. The van der Waals surface area contributed by atoms with Gasteiger partial charge in [0.1, 0.15) is 5.58 Å². The van der Waals surface area contributed by atoms with Gasteiger partial charge in [-0.15, -0.1) is 11.3 Å². The van der Waals surface area contributed by atoms with Gasteiger partial charge in [-0.2, -0.15) is 0 Å². The maximum absolute atomic E-state index is 12.0. The number of ether oxygens (including phenoxy) is 4. The molecule has 12 heteroatoms. The van der Waals surface area contributed by atoms with Gasteiger partial charge in [-0.1, -0.05) is 31.9 Å². The molecule has 2 saturated heterocycles. The van der Waals surface area contributed by atoms with Gasteiger partial charge in [-0.3, -0.25) is 20.4 Å². The molecule has 2 unspecified atom stereocenters. The summed E-state index contributed by atoms with van der Waals surface area (Å²) < 4.78 is 27.9. The number of hydrogen-bond donors (Lipinski definition) is 2. The predicted octanol–water partition coefficient (Wildman–Crippen LogP) is 10.9. The van der Waals surface area contributed by atoms with Crippen molar-refractivity contribution in [1.29, 1.82) is 0 Å². The van der Waals surface area contributed by atoms with Gasteiger partial charge >= 0.3 is 12.2 Å². The molecule has 0 spiro atoms. The summed E-state index contributed by atoms with van der Waals surface area (Å²) in [6.45, 7) is 10.8. The number of unbranched alkanes of at least 4 members (excludes halogenated alkanes) is 1. The Kier molecular flexibility index (Phi) is 15.3. The maximum atomic E-state index is 12.0. The Labute approximate surface area is 346 Å². The third kappa shape index (κ3) is 11.1. The minimum Gasteiger partial charge on any atom is -0.464 e. The van der Waals surface area contributed by atoms with Crippen molar-refractivity contribution in [3.05, 3.63) is 71.3 Å². The molecular weight excluding hydrogens is 753 g/mol. The summed E-state index contributed by atoms with van der Waals surface area (Å²) in [5.74, 6) is 0. The lowest BCUT2D eigenvalue weighted by atomic mass is 9.94. The van der Waals surface area contributed by atoms with Crippen molar-refractivity contribution in [2.45, 2.75) is 96.6 Å². The van der Waals surface area contributed by atoms with E-state index in [-0.39, 0.29) is 6.79 Å². The Bertz CT molecular complexity index is 2040. The van der Waals surface area contributed by atoms with E-state index in [0.29, 0.717) is 50.6 Å². The number of thiophene rings is 1. The molecule has 0 saturated carbocycles. The highest BCUT2D eigenvalue weighted by Crippen LogP contribution is 2.39.